The van der Waals surface area contributed by atoms with Crippen LogP contribution in [0.4, 0.5) is 26.3 Å². The number of hydrogen-bond acceptors (Lipinski definition) is 3. The third-order valence-electron chi connectivity index (χ3n) is 5.77. The Balaban J connectivity index is 3.01. The van der Waals surface area contributed by atoms with E-state index in [0.717, 1.165) is 13.8 Å². The molecule has 0 aliphatic heterocycles. The molecule has 3 nitrogen and oxygen atoms in total. The topological polar surface area (TPSA) is 33.3 Å². The van der Waals surface area contributed by atoms with Crippen LogP contribution in [-0.2, 0) is 6.54 Å². The second-order valence-electron chi connectivity index (χ2n) is 11.3. The summed E-state index contributed by atoms with van der Waals surface area (Å²) in [5, 5.41) is 5.16. The molecule has 0 aliphatic rings. The number of nitrogens with one attached hydrogen (secondary N) is 2. The van der Waals surface area contributed by atoms with Crippen LogP contribution in [0.15, 0.2) is 24.3 Å². The van der Waals surface area contributed by atoms with Gasteiger partial charge in [0.15, 0.2) is 0 Å². The molecule has 0 fully saturated rings. The lowest BCUT2D eigenvalue weighted by Gasteiger charge is -2.43. The molecule has 0 aliphatic carbocycles. The van der Waals surface area contributed by atoms with Crippen molar-refractivity contribution < 1.29 is 31.1 Å². The summed E-state index contributed by atoms with van der Waals surface area (Å²) < 4.78 is 88.7. The number of methoxy groups -OCH3 is 1. The van der Waals surface area contributed by atoms with Crippen LogP contribution in [0.25, 0.3) is 0 Å². The SMILES string of the molecule is COc1ccc(CNC(C)(CC(C)(C)CNC(C)(CC(C)(C)C)C(F)(F)F)C(F)(F)F)cc1. The van der Waals surface area contributed by atoms with E-state index in [2.05, 4.69) is 10.6 Å². The maximum atomic E-state index is 14.1. The lowest BCUT2D eigenvalue weighted by atomic mass is 9.76. The van der Waals surface area contributed by atoms with Gasteiger partial charge >= 0.3 is 12.4 Å². The Kier molecular flexibility index (Phi) is 8.97. The summed E-state index contributed by atoms with van der Waals surface area (Å²) in [7, 11) is 1.50. The van der Waals surface area contributed by atoms with Crippen molar-refractivity contribution in [2.75, 3.05) is 13.7 Å². The van der Waals surface area contributed by atoms with Crippen molar-refractivity contribution in [3.05, 3.63) is 29.8 Å². The number of halogens is 6. The third-order valence-corrected chi connectivity index (χ3v) is 5.77. The third kappa shape index (κ3) is 8.67. The highest BCUT2D eigenvalue weighted by molar-refractivity contribution is 5.27. The van der Waals surface area contributed by atoms with Gasteiger partial charge in [-0.15, -0.1) is 0 Å². The van der Waals surface area contributed by atoms with Crippen LogP contribution >= 0.6 is 0 Å². The summed E-state index contributed by atoms with van der Waals surface area (Å²) in [6.07, 6.45) is -9.76. The van der Waals surface area contributed by atoms with Crippen molar-refractivity contribution in [1.29, 1.82) is 0 Å². The van der Waals surface area contributed by atoms with Gasteiger partial charge in [-0.1, -0.05) is 46.8 Å². The van der Waals surface area contributed by atoms with E-state index < -0.39 is 40.7 Å². The molecule has 192 valence electrons. The molecule has 0 aromatic heterocycles. The molecule has 1 rings (SSSR count). The van der Waals surface area contributed by atoms with E-state index in [-0.39, 0.29) is 19.5 Å². The van der Waals surface area contributed by atoms with Gasteiger partial charge in [-0.3, -0.25) is 5.32 Å². The van der Waals surface area contributed by atoms with Crippen molar-refractivity contribution in [3.63, 3.8) is 0 Å². The zero-order valence-corrected chi connectivity index (χ0v) is 20.8. The Labute approximate surface area is 193 Å². The first kappa shape index (κ1) is 29.6. The van der Waals surface area contributed by atoms with Gasteiger partial charge in [-0.2, -0.15) is 26.3 Å². The highest BCUT2D eigenvalue weighted by atomic mass is 19.4. The second-order valence-corrected chi connectivity index (χ2v) is 11.3. The first-order chi connectivity index (χ1) is 14.6. The van der Waals surface area contributed by atoms with Gasteiger partial charge in [-0.25, -0.2) is 0 Å². The molecular weight excluding hydrogens is 446 g/mol. The fourth-order valence-corrected chi connectivity index (χ4v) is 4.08. The Hall–Kier alpha value is -1.48. The van der Waals surface area contributed by atoms with E-state index in [0.29, 0.717) is 11.3 Å². The first-order valence-electron chi connectivity index (χ1n) is 10.9. The van der Waals surface area contributed by atoms with E-state index in [1.165, 1.54) is 7.11 Å². The van der Waals surface area contributed by atoms with Crippen molar-refractivity contribution in [1.82, 2.24) is 10.6 Å². The van der Waals surface area contributed by atoms with Crippen LogP contribution in [0, 0.1) is 10.8 Å². The van der Waals surface area contributed by atoms with Gasteiger partial charge in [0.05, 0.1) is 7.11 Å². The molecule has 0 saturated heterocycles. The Morgan fingerprint density at radius 2 is 1.15 bits per heavy atom. The fourth-order valence-electron chi connectivity index (χ4n) is 4.08. The summed E-state index contributed by atoms with van der Waals surface area (Å²) in [5.74, 6) is 0.590. The molecule has 1 aromatic rings. The van der Waals surface area contributed by atoms with Crippen LogP contribution in [-0.4, -0.2) is 37.1 Å². The lowest BCUT2D eigenvalue weighted by Crippen LogP contribution is -2.60. The van der Waals surface area contributed by atoms with Crippen LogP contribution in [0.3, 0.4) is 0 Å². The van der Waals surface area contributed by atoms with Crippen LogP contribution in [0.2, 0.25) is 0 Å². The quantitative estimate of drug-likeness (QED) is 0.356. The highest BCUT2D eigenvalue weighted by Gasteiger charge is 2.55. The van der Waals surface area contributed by atoms with Gasteiger partial charge < -0.3 is 10.1 Å². The van der Waals surface area contributed by atoms with E-state index in [4.69, 9.17) is 4.74 Å². The Bertz CT molecular complexity index is 752. The van der Waals surface area contributed by atoms with Crippen molar-refractivity contribution >= 4 is 0 Å². The summed E-state index contributed by atoms with van der Waals surface area (Å²) in [6, 6.07) is 6.64. The Morgan fingerprint density at radius 3 is 1.55 bits per heavy atom. The highest BCUT2D eigenvalue weighted by Crippen LogP contribution is 2.42. The Morgan fingerprint density at radius 1 is 0.697 bits per heavy atom. The first-order valence-corrected chi connectivity index (χ1v) is 10.9. The number of hydrogen-bond donors (Lipinski definition) is 2. The molecule has 33 heavy (non-hydrogen) atoms. The van der Waals surface area contributed by atoms with E-state index in [1.807, 2.05) is 0 Å². The van der Waals surface area contributed by atoms with Gasteiger partial charge in [0.1, 0.15) is 16.8 Å². The smallest absolute Gasteiger partial charge is 0.406 e. The van der Waals surface area contributed by atoms with Crippen LogP contribution in [0.1, 0.15) is 66.9 Å². The van der Waals surface area contributed by atoms with E-state index in [1.54, 1.807) is 58.9 Å². The summed E-state index contributed by atoms with van der Waals surface area (Å²) in [5.41, 5.74) is -5.58. The van der Waals surface area contributed by atoms with E-state index in [9.17, 15) is 26.3 Å². The monoisotopic (exact) mass is 484 g/mol. The van der Waals surface area contributed by atoms with Crippen molar-refractivity contribution in [2.24, 2.45) is 10.8 Å². The average Bonchev–Trinajstić information content (AvgIpc) is 2.62. The van der Waals surface area contributed by atoms with Gasteiger partial charge in [-0.05, 0) is 55.2 Å². The molecule has 0 heterocycles. The minimum absolute atomic E-state index is 0.0478. The van der Waals surface area contributed by atoms with Gasteiger partial charge in [0, 0.05) is 13.1 Å². The van der Waals surface area contributed by atoms with Gasteiger partial charge in [0.2, 0.25) is 0 Å². The molecular formula is C24H38F6N2O. The molecule has 0 amide bonds. The number of benzene rings is 1. The molecule has 0 bridgehead atoms. The predicted molar refractivity (Wildman–Crippen MR) is 119 cm³/mol. The minimum atomic E-state index is -4.60. The molecule has 9 heteroatoms. The molecule has 1 aromatic carbocycles. The zero-order chi connectivity index (χ0) is 25.9. The van der Waals surface area contributed by atoms with Crippen molar-refractivity contribution in [2.45, 2.75) is 91.3 Å². The molecule has 0 saturated carbocycles. The molecule has 0 radical (unpaired) electrons. The number of ether oxygens (including phenoxy) is 1. The lowest BCUT2D eigenvalue weighted by molar-refractivity contribution is -0.207. The van der Waals surface area contributed by atoms with Crippen molar-refractivity contribution in [3.8, 4) is 5.75 Å². The molecule has 2 unspecified atom stereocenters. The summed E-state index contributed by atoms with van der Waals surface area (Å²) in [4.78, 5) is 0. The molecule has 2 atom stereocenters. The van der Waals surface area contributed by atoms with E-state index >= 15 is 0 Å². The number of rotatable bonds is 10. The van der Waals surface area contributed by atoms with Crippen LogP contribution < -0.4 is 15.4 Å². The maximum absolute atomic E-state index is 14.1. The average molecular weight is 485 g/mol. The normalized spacial score (nSPS) is 17.4. The van der Waals surface area contributed by atoms with Crippen LogP contribution in [0.5, 0.6) is 5.75 Å². The summed E-state index contributed by atoms with van der Waals surface area (Å²) in [6.45, 7) is 10.0. The summed E-state index contributed by atoms with van der Waals surface area (Å²) >= 11 is 0. The maximum Gasteiger partial charge on any atom is 0.406 e. The standard InChI is InChI=1S/C24H38F6N2O/c1-19(2,3)14-21(6,23(25,26)27)32-16-20(4,5)15-22(7,24(28,29)30)31-13-17-9-11-18(33-8)12-10-17/h9-12,31-32H,13-16H2,1-8H3. The number of alkyl halides is 6. The fraction of sp³-hybridized carbons (Fsp3) is 0.750. The zero-order valence-electron chi connectivity index (χ0n) is 20.8. The minimum Gasteiger partial charge on any atom is -0.497 e. The predicted octanol–water partition coefficient (Wildman–Crippen LogP) is 6.87. The molecule has 0 spiro atoms. The largest absolute Gasteiger partial charge is 0.497 e. The molecule has 2 N–H and O–H groups in total. The second kappa shape index (κ2) is 10.0. The van der Waals surface area contributed by atoms with Gasteiger partial charge in [0.25, 0.3) is 0 Å².